The van der Waals surface area contributed by atoms with Crippen molar-refractivity contribution in [3.05, 3.63) is 41.5 Å². The molecule has 1 aromatic carbocycles. The third-order valence-corrected chi connectivity index (χ3v) is 5.25. The Balaban J connectivity index is 1.53. The molecule has 2 aromatic rings. The number of likely N-dealkylation sites (tertiary alicyclic amines) is 1. The number of anilines is 1. The van der Waals surface area contributed by atoms with Gasteiger partial charge in [0.2, 0.25) is 0 Å². The minimum atomic E-state index is -0.0441. The lowest BCUT2D eigenvalue weighted by Crippen LogP contribution is -2.35. The average molecular weight is 339 g/mol. The fraction of sp³-hybridized carbons (Fsp3) is 0.526. The van der Waals surface area contributed by atoms with Gasteiger partial charge in [-0.25, -0.2) is 4.79 Å². The number of carbonyl (C=O) groups is 1. The summed E-state index contributed by atoms with van der Waals surface area (Å²) < 4.78 is 2.26. The summed E-state index contributed by atoms with van der Waals surface area (Å²) in [6, 6.07) is 7.90. The molecule has 3 heterocycles. The van der Waals surface area contributed by atoms with E-state index in [1.807, 2.05) is 36.1 Å². The van der Waals surface area contributed by atoms with Crippen LogP contribution in [0.4, 0.5) is 10.5 Å². The lowest BCUT2D eigenvalue weighted by Gasteiger charge is -2.25. The van der Waals surface area contributed by atoms with Gasteiger partial charge >= 0.3 is 6.03 Å². The molecule has 0 bridgehead atoms. The van der Waals surface area contributed by atoms with Crippen molar-refractivity contribution in [3.63, 3.8) is 0 Å². The number of aromatic nitrogens is 3. The molecule has 1 saturated heterocycles. The third-order valence-electron chi connectivity index (χ3n) is 5.25. The van der Waals surface area contributed by atoms with Crippen LogP contribution in [0.15, 0.2) is 24.3 Å². The van der Waals surface area contributed by atoms with E-state index in [1.165, 1.54) is 24.8 Å². The first kappa shape index (κ1) is 16.1. The van der Waals surface area contributed by atoms with E-state index >= 15 is 0 Å². The number of nitrogens with one attached hydrogen (secondary N) is 1. The number of hydrogen-bond acceptors (Lipinski definition) is 3. The van der Waals surface area contributed by atoms with Gasteiger partial charge < -0.3 is 14.8 Å². The molecule has 2 aliphatic rings. The van der Waals surface area contributed by atoms with E-state index in [2.05, 4.69) is 20.1 Å². The minimum Gasteiger partial charge on any atom is -0.314 e. The molecule has 1 N–H and O–H groups in total. The molecular formula is C19H25N5O. The second kappa shape index (κ2) is 6.86. The van der Waals surface area contributed by atoms with Gasteiger partial charge in [0, 0.05) is 25.2 Å². The Kier molecular flexibility index (Phi) is 4.42. The van der Waals surface area contributed by atoms with Crippen LogP contribution in [0, 0.1) is 6.92 Å². The summed E-state index contributed by atoms with van der Waals surface area (Å²) in [5.41, 5.74) is 2.02. The topological polar surface area (TPSA) is 63.1 Å². The molecule has 6 heteroatoms. The van der Waals surface area contributed by atoms with Crippen LogP contribution in [-0.2, 0) is 13.0 Å². The van der Waals surface area contributed by atoms with Crippen LogP contribution in [0.2, 0.25) is 0 Å². The summed E-state index contributed by atoms with van der Waals surface area (Å²) in [4.78, 5) is 14.7. The summed E-state index contributed by atoms with van der Waals surface area (Å²) in [6.07, 6.45) is 6.55. The Morgan fingerprint density at radius 2 is 1.92 bits per heavy atom. The monoisotopic (exact) mass is 339 g/mol. The van der Waals surface area contributed by atoms with Crippen molar-refractivity contribution < 1.29 is 4.79 Å². The number of amides is 2. The lowest BCUT2D eigenvalue weighted by atomic mass is 10.2. The van der Waals surface area contributed by atoms with Crippen molar-refractivity contribution in [3.8, 4) is 0 Å². The summed E-state index contributed by atoms with van der Waals surface area (Å²) in [6.45, 7) is 3.78. The molecule has 1 atom stereocenters. The van der Waals surface area contributed by atoms with Gasteiger partial charge in [0.25, 0.3) is 0 Å². The molecular weight excluding hydrogens is 314 g/mol. The van der Waals surface area contributed by atoms with Crippen LogP contribution < -0.4 is 5.32 Å². The standard InChI is InChI=1S/C19H25N5O/c1-14-8-10-15(11-9-14)20-19(25)23-13-5-6-16(23)18-22-21-17-7-3-2-4-12-24(17)18/h8-11,16H,2-7,12-13H2,1H3,(H,20,25). The van der Waals surface area contributed by atoms with Crippen LogP contribution in [0.3, 0.4) is 0 Å². The summed E-state index contributed by atoms with van der Waals surface area (Å²) in [5.74, 6) is 2.05. The molecule has 0 spiro atoms. The van der Waals surface area contributed by atoms with E-state index in [4.69, 9.17) is 0 Å². The summed E-state index contributed by atoms with van der Waals surface area (Å²) in [5, 5.41) is 11.9. The number of aryl methyl sites for hydroxylation is 2. The molecule has 0 saturated carbocycles. The SMILES string of the molecule is Cc1ccc(NC(=O)N2CCCC2c2nnc3n2CCCCC3)cc1. The molecule has 0 radical (unpaired) electrons. The second-order valence-corrected chi connectivity index (χ2v) is 7.08. The van der Waals surface area contributed by atoms with Gasteiger partial charge in [-0.3, -0.25) is 0 Å². The highest BCUT2D eigenvalue weighted by Gasteiger charge is 2.34. The quantitative estimate of drug-likeness (QED) is 0.908. The van der Waals surface area contributed by atoms with Gasteiger partial charge in [0.1, 0.15) is 5.82 Å². The Morgan fingerprint density at radius 3 is 2.76 bits per heavy atom. The molecule has 2 aliphatic heterocycles. The number of nitrogens with zero attached hydrogens (tertiary/aromatic N) is 4. The molecule has 0 aliphatic carbocycles. The van der Waals surface area contributed by atoms with Crippen molar-refractivity contribution >= 4 is 11.7 Å². The number of carbonyl (C=O) groups excluding carboxylic acids is 1. The van der Waals surface area contributed by atoms with Gasteiger partial charge in [-0.15, -0.1) is 10.2 Å². The lowest BCUT2D eigenvalue weighted by molar-refractivity contribution is 0.203. The van der Waals surface area contributed by atoms with E-state index in [0.29, 0.717) is 0 Å². The zero-order valence-electron chi connectivity index (χ0n) is 14.7. The maximum Gasteiger partial charge on any atom is 0.322 e. The van der Waals surface area contributed by atoms with Crippen LogP contribution in [0.5, 0.6) is 0 Å². The molecule has 4 rings (SSSR count). The first-order valence-corrected chi connectivity index (χ1v) is 9.28. The van der Waals surface area contributed by atoms with Crippen molar-refractivity contribution in [2.45, 2.75) is 58.0 Å². The number of rotatable bonds is 2. The summed E-state index contributed by atoms with van der Waals surface area (Å²) in [7, 11) is 0. The van der Waals surface area contributed by atoms with Crippen molar-refractivity contribution in [1.29, 1.82) is 0 Å². The molecule has 1 unspecified atom stereocenters. The third kappa shape index (κ3) is 3.25. The van der Waals surface area contributed by atoms with Crippen molar-refractivity contribution in [1.82, 2.24) is 19.7 Å². The zero-order valence-corrected chi connectivity index (χ0v) is 14.7. The maximum atomic E-state index is 12.8. The average Bonchev–Trinajstić information content (AvgIpc) is 3.18. The zero-order chi connectivity index (χ0) is 17.2. The molecule has 1 aromatic heterocycles. The number of hydrogen-bond donors (Lipinski definition) is 1. The van der Waals surface area contributed by atoms with Crippen molar-refractivity contribution in [2.75, 3.05) is 11.9 Å². The van der Waals surface area contributed by atoms with Crippen LogP contribution in [-0.4, -0.2) is 32.2 Å². The predicted octanol–water partition coefficient (Wildman–Crippen LogP) is 3.68. The molecule has 132 valence electrons. The highest BCUT2D eigenvalue weighted by molar-refractivity contribution is 5.89. The van der Waals surface area contributed by atoms with Crippen LogP contribution in [0.25, 0.3) is 0 Å². The van der Waals surface area contributed by atoms with Gasteiger partial charge in [-0.2, -0.15) is 0 Å². The molecule has 1 fully saturated rings. The Morgan fingerprint density at radius 1 is 1.08 bits per heavy atom. The Labute approximate surface area is 148 Å². The van der Waals surface area contributed by atoms with Gasteiger partial charge in [0.05, 0.1) is 6.04 Å². The normalized spacial score (nSPS) is 20.2. The fourth-order valence-electron chi connectivity index (χ4n) is 3.86. The van der Waals surface area contributed by atoms with E-state index in [-0.39, 0.29) is 12.1 Å². The van der Waals surface area contributed by atoms with E-state index in [1.54, 1.807) is 0 Å². The van der Waals surface area contributed by atoms with Crippen LogP contribution >= 0.6 is 0 Å². The number of benzene rings is 1. The highest BCUT2D eigenvalue weighted by atomic mass is 16.2. The van der Waals surface area contributed by atoms with Crippen molar-refractivity contribution in [2.24, 2.45) is 0 Å². The van der Waals surface area contributed by atoms with E-state index in [0.717, 1.165) is 49.7 Å². The van der Waals surface area contributed by atoms with Gasteiger partial charge in [-0.1, -0.05) is 24.1 Å². The number of fused-ring (bicyclic) bond motifs is 1. The van der Waals surface area contributed by atoms with Crippen LogP contribution in [0.1, 0.15) is 55.4 Å². The highest BCUT2D eigenvalue weighted by Crippen LogP contribution is 2.32. The first-order valence-electron chi connectivity index (χ1n) is 9.28. The van der Waals surface area contributed by atoms with Gasteiger partial charge in [-0.05, 0) is 44.7 Å². The smallest absolute Gasteiger partial charge is 0.314 e. The largest absolute Gasteiger partial charge is 0.322 e. The maximum absolute atomic E-state index is 12.8. The predicted molar refractivity (Wildman–Crippen MR) is 96.5 cm³/mol. The molecule has 25 heavy (non-hydrogen) atoms. The summed E-state index contributed by atoms with van der Waals surface area (Å²) >= 11 is 0. The molecule has 2 amide bonds. The minimum absolute atomic E-state index is 0.0322. The Bertz CT molecular complexity index is 752. The number of urea groups is 1. The fourth-order valence-corrected chi connectivity index (χ4v) is 3.86. The molecule has 6 nitrogen and oxygen atoms in total. The van der Waals surface area contributed by atoms with E-state index in [9.17, 15) is 4.79 Å². The first-order chi connectivity index (χ1) is 12.2. The second-order valence-electron chi connectivity index (χ2n) is 7.08. The van der Waals surface area contributed by atoms with Gasteiger partial charge in [0.15, 0.2) is 5.82 Å². The van der Waals surface area contributed by atoms with E-state index < -0.39 is 0 Å². The Hall–Kier alpha value is -2.37.